The number of benzene rings is 8. The average Bonchev–Trinajstić information content (AvgIpc) is 3.65. The Morgan fingerprint density at radius 1 is 0.340 bits per heavy atom. The highest BCUT2D eigenvalue weighted by Crippen LogP contribution is 2.58. The van der Waals surface area contributed by atoms with Crippen molar-refractivity contribution in [1.29, 1.82) is 0 Å². The lowest BCUT2D eigenvalue weighted by Crippen LogP contribution is -2.28. The molecule has 0 unspecified atom stereocenters. The highest BCUT2D eigenvalue weighted by Gasteiger charge is 2.46. The molecule has 0 aromatic heterocycles. The molecule has 0 spiro atoms. The first kappa shape index (κ1) is 31.3. The van der Waals surface area contributed by atoms with Gasteiger partial charge >= 0.3 is 0 Å². The van der Waals surface area contributed by atoms with Crippen LogP contribution >= 0.6 is 0 Å². The zero-order valence-corrected chi connectivity index (χ0v) is 30.0. The first-order valence-electron chi connectivity index (χ1n) is 18.6. The Balaban J connectivity index is 1.24. The molecule has 1 nitrogen and oxygen atoms in total. The number of anilines is 3. The minimum absolute atomic E-state index is 0.0628. The lowest BCUT2D eigenvalue weighted by atomic mass is 9.68. The summed E-state index contributed by atoms with van der Waals surface area (Å²) in [6, 6.07) is 73.9. The van der Waals surface area contributed by atoms with Crippen LogP contribution < -0.4 is 4.90 Å². The minimum Gasteiger partial charge on any atom is -0.310 e. The monoisotopic (exact) mass is 677 g/mol. The van der Waals surface area contributed by atoms with E-state index in [1.807, 2.05) is 0 Å². The Labute approximate surface area is 312 Å². The van der Waals surface area contributed by atoms with Gasteiger partial charge in [0.25, 0.3) is 0 Å². The normalized spacial score (nSPS) is 14.2. The van der Waals surface area contributed by atoms with Crippen molar-refractivity contribution in [2.24, 2.45) is 0 Å². The van der Waals surface area contributed by atoms with Crippen LogP contribution in [0, 0.1) is 0 Å². The maximum absolute atomic E-state index is 2.48. The molecule has 0 N–H and O–H groups in total. The van der Waals surface area contributed by atoms with E-state index in [9.17, 15) is 0 Å². The molecule has 0 aliphatic heterocycles. The van der Waals surface area contributed by atoms with Crippen molar-refractivity contribution in [3.8, 4) is 33.4 Å². The van der Waals surface area contributed by atoms with E-state index in [4.69, 9.17) is 0 Å². The fourth-order valence-corrected chi connectivity index (χ4v) is 9.38. The van der Waals surface area contributed by atoms with Crippen LogP contribution in [0.3, 0.4) is 0 Å². The van der Waals surface area contributed by atoms with Gasteiger partial charge < -0.3 is 4.90 Å². The number of rotatable bonds is 6. The summed E-state index contributed by atoms with van der Waals surface area (Å²) in [5.41, 5.74) is 18.4. The van der Waals surface area contributed by atoms with Crippen molar-refractivity contribution in [2.45, 2.75) is 24.7 Å². The maximum atomic E-state index is 2.48. The molecule has 0 saturated carbocycles. The predicted octanol–water partition coefficient (Wildman–Crippen LogP) is 13.5. The second-order valence-electron chi connectivity index (χ2n) is 14.9. The molecule has 1 heteroatoms. The van der Waals surface area contributed by atoms with Gasteiger partial charge in [-0.3, -0.25) is 0 Å². The molecule has 252 valence electrons. The molecule has 0 saturated heterocycles. The molecule has 0 bridgehead atoms. The van der Waals surface area contributed by atoms with Gasteiger partial charge in [0.1, 0.15) is 0 Å². The van der Waals surface area contributed by atoms with E-state index < -0.39 is 5.41 Å². The van der Waals surface area contributed by atoms with E-state index in [2.05, 4.69) is 219 Å². The second kappa shape index (κ2) is 12.1. The SMILES string of the molecule is CC1(C)c2ccccc2-c2cc(N(c3ccc4c(c3)-c3ccccc3C4(c3ccccc3)c3ccccc3)c3ccccc3-c3ccccc3)ccc21. The van der Waals surface area contributed by atoms with Crippen molar-refractivity contribution in [1.82, 2.24) is 0 Å². The molecule has 10 rings (SSSR count). The third-order valence-electron chi connectivity index (χ3n) is 11.8. The smallest absolute Gasteiger partial charge is 0.0713 e. The van der Waals surface area contributed by atoms with Gasteiger partial charge in [0, 0.05) is 22.4 Å². The third-order valence-corrected chi connectivity index (χ3v) is 11.8. The van der Waals surface area contributed by atoms with Crippen LogP contribution in [0.4, 0.5) is 17.1 Å². The van der Waals surface area contributed by atoms with Crippen molar-refractivity contribution in [3.05, 3.63) is 234 Å². The van der Waals surface area contributed by atoms with Crippen molar-refractivity contribution in [3.63, 3.8) is 0 Å². The molecule has 0 fully saturated rings. The molecule has 8 aromatic rings. The maximum Gasteiger partial charge on any atom is 0.0713 e. The summed E-state index contributed by atoms with van der Waals surface area (Å²) in [5, 5.41) is 0. The minimum atomic E-state index is -0.442. The lowest BCUT2D eigenvalue weighted by Gasteiger charge is -2.34. The van der Waals surface area contributed by atoms with Crippen LogP contribution in [0.25, 0.3) is 33.4 Å². The Kier molecular flexibility index (Phi) is 7.13. The molecular weight excluding hydrogens is 639 g/mol. The van der Waals surface area contributed by atoms with Gasteiger partial charge in [-0.05, 0) is 91.5 Å². The Morgan fingerprint density at radius 2 is 0.755 bits per heavy atom. The van der Waals surface area contributed by atoms with E-state index in [1.165, 1.54) is 66.8 Å². The Morgan fingerprint density at radius 3 is 1.38 bits per heavy atom. The number of hydrogen-bond donors (Lipinski definition) is 0. The van der Waals surface area contributed by atoms with E-state index in [-0.39, 0.29) is 5.41 Å². The van der Waals surface area contributed by atoms with Gasteiger partial charge in [0.05, 0.1) is 11.1 Å². The predicted molar refractivity (Wildman–Crippen MR) is 221 cm³/mol. The molecule has 2 aliphatic carbocycles. The van der Waals surface area contributed by atoms with E-state index in [0.29, 0.717) is 0 Å². The van der Waals surface area contributed by atoms with Crippen LogP contribution in [-0.2, 0) is 10.8 Å². The van der Waals surface area contributed by atoms with Gasteiger partial charge in [-0.1, -0.05) is 184 Å². The number of para-hydroxylation sites is 1. The largest absolute Gasteiger partial charge is 0.310 e. The van der Waals surface area contributed by atoms with Crippen molar-refractivity contribution < 1.29 is 0 Å². The first-order chi connectivity index (χ1) is 26.1. The molecule has 53 heavy (non-hydrogen) atoms. The molecule has 8 aromatic carbocycles. The van der Waals surface area contributed by atoms with E-state index in [0.717, 1.165) is 17.1 Å². The fraction of sp³-hybridized carbons (Fsp3) is 0.0769. The van der Waals surface area contributed by atoms with Gasteiger partial charge in [-0.25, -0.2) is 0 Å². The number of nitrogens with zero attached hydrogens (tertiary/aromatic N) is 1. The van der Waals surface area contributed by atoms with Crippen LogP contribution in [0.2, 0.25) is 0 Å². The highest BCUT2D eigenvalue weighted by molar-refractivity contribution is 5.94. The van der Waals surface area contributed by atoms with E-state index in [1.54, 1.807) is 0 Å². The van der Waals surface area contributed by atoms with Crippen LogP contribution in [0.1, 0.15) is 47.2 Å². The van der Waals surface area contributed by atoms with Gasteiger partial charge in [-0.15, -0.1) is 0 Å². The van der Waals surface area contributed by atoms with Crippen LogP contribution in [0.15, 0.2) is 200 Å². The summed E-state index contributed by atoms with van der Waals surface area (Å²) in [6.07, 6.45) is 0. The molecule has 0 amide bonds. The summed E-state index contributed by atoms with van der Waals surface area (Å²) in [4.78, 5) is 2.48. The molecule has 0 heterocycles. The number of hydrogen-bond acceptors (Lipinski definition) is 1. The molecule has 2 aliphatic rings. The van der Waals surface area contributed by atoms with Crippen LogP contribution in [-0.4, -0.2) is 0 Å². The topological polar surface area (TPSA) is 3.24 Å². The second-order valence-corrected chi connectivity index (χ2v) is 14.9. The summed E-state index contributed by atoms with van der Waals surface area (Å²) in [7, 11) is 0. The van der Waals surface area contributed by atoms with Gasteiger partial charge in [0.15, 0.2) is 0 Å². The van der Waals surface area contributed by atoms with Gasteiger partial charge in [-0.2, -0.15) is 0 Å². The standard InChI is InChI=1S/C52H39N/c1-51(2)46-27-15-12-25-42(46)44-34-39(30-32-47(44)51)53(50-29-17-14-24-41(50)36-18-6-3-7-19-36)40-31-33-49-45(35-40)43-26-13-16-28-48(43)52(49,37-20-8-4-9-21-37)38-22-10-5-11-23-38/h3-35H,1-2H3. The summed E-state index contributed by atoms with van der Waals surface area (Å²) in [6.45, 7) is 4.70. The van der Waals surface area contributed by atoms with Crippen molar-refractivity contribution in [2.75, 3.05) is 4.90 Å². The first-order valence-corrected chi connectivity index (χ1v) is 18.6. The van der Waals surface area contributed by atoms with Gasteiger partial charge in [0.2, 0.25) is 0 Å². The zero-order chi connectivity index (χ0) is 35.6. The zero-order valence-electron chi connectivity index (χ0n) is 30.0. The highest BCUT2D eigenvalue weighted by atomic mass is 15.1. The molecule has 0 atom stereocenters. The lowest BCUT2D eigenvalue weighted by molar-refractivity contribution is 0.660. The average molecular weight is 678 g/mol. The Hall–Kier alpha value is -6.44. The quantitative estimate of drug-likeness (QED) is 0.169. The summed E-state index contributed by atoms with van der Waals surface area (Å²) < 4.78 is 0. The number of fused-ring (bicyclic) bond motifs is 6. The summed E-state index contributed by atoms with van der Waals surface area (Å²) >= 11 is 0. The van der Waals surface area contributed by atoms with E-state index >= 15 is 0 Å². The third kappa shape index (κ3) is 4.64. The van der Waals surface area contributed by atoms with Crippen LogP contribution in [0.5, 0.6) is 0 Å². The Bertz CT molecular complexity index is 2600. The molecular formula is C52H39N. The summed E-state index contributed by atoms with van der Waals surface area (Å²) in [5.74, 6) is 0. The molecule has 0 radical (unpaired) electrons. The fourth-order valence-electron chi connectivity index (χ4n) is 9.38. The van der Waals surface area contributed by atoms with Crippen molar-refractivity contribution >= 4 is 17.1 Å².